The van der Waals surface area contributed by atoms with Crippen LogP contribution in [-0.4, -0.2) is 17.7 Å². The van der Waals surface area contributed by atoms with Crippen LogP contribution in [-0.2, 0) is 4.79 Å². The van der Waals surface area contributed by atoms with Gasteiger partial charge in [0.05, 0.1) is 5.71 Å². The molecule has 13 heavy (non-hydrogen) atoms. The van der Waals surface area contributed by atoms with Crippen LogP contribution in [0.25, 0.3) is 0 Å². The molecule has 0 spiro atoms. The van der Waals surface area contributed by atoms with Crippen molar-refractivity contribution in [3.63, 3.8) is 0 Å². The Hall–Kier alpha value is -0.990. The molecule has 3 nitrogen and oxygen atoms in total. The van der Waals surface area contributed by atoms with E-state index in [0.29, 0.717) is 12.8 Å². The summed E-state index contributed by atoms with van der Waals surface area (Å²) in [4.78, 5) is 11.5. The Balaban J connectivity index is 2.34. The van der Waals surface area contributed by atoms with Crippen molar-refractivity contribution in [2.24, 2.45) is 15.6 Å². The van der Waals surface area contributed by atoms with Crippen LogP contribution in [0.15, 0.2) is 10.2 Å². The molecule has 0 fully saturated rings. The second-order valence-corrected chi connectivity index (χ2v) is 4.62. The summed E-state index contributed by atoms with van der Waals surface area (Å²) >= 11 is 0. The SMILES string of the molecule is CC(C)(C)CC(=O)CC1=NN=CC1. The Morgan fingerprint density at radius 1 is 1.54 bits per heavy atom. The average molecular weight is 180 g/mol. The van der Waals surface area contributed by atoms with E-state index in [-0.39, 0.29) is 11.2 Å². The molecule has 1 rings (SSSR count). The van der Waals surface area contributed by atoms with Crippen LogP contribution in [0.3, 0.4) is 0 Å². The zero-order chi connectivity index (χ0) is 9.90. The monoisotopic (exact) mass is 180 g/mol. The molecule has 1 aliphatic rings. The van der Waals surface area contributed by atoms with Gasteiger partial charge in [0.15, 0.2) is 0 Å². The van der Waals surface area contributed by atoms with E-state index < -0.39 is 0 Å². The Morgan fingerprint density at radius 2 is 2.23 bits per heavy atom. The molecule has 0 bridgehead atoms. The average Bonchev–Trinajstić information content (AvgIpc) is 2.34. The third-order valence-corrected chi connectivity index (χ3v) is 1.74. The maximum Gasteiger partial charge on any atom is 0.139 e. The molecule has 0 saturated heterocycles. The third-order valence-electron chi connectivity index (χ3n) is 1.74. The summed E-state index contributed by atoms with van der Waals surface area (Å²) in [7, 11) is 0. The van der Waals surface area contributed by atoms with E-state index >= 15 is 0 Å². The largest absolute Gasteiger partial charge is 0.299 e. The highest BCUT2D eigenvalue weighted by Crippen LogP contribution is 2.20. The molecule has 0 aliphatic carbocycles. The quantitative estimate of drug-likeness (QED) is 0.656. The van der Waals surface area contributed by atoms with E-state index in [1.165, 1.54) is 0 Å². The second kappa shape index (κ2) is 3.81. The van der Waals surface area contributed by atoms with Gasteiger partial charge >= 0.3 is 0 Å². The van der Waals surface area contributed by atoms with Gasteiger partial charge in [-0.05, 0) is 5.41 Å². The second-order valence-electron chi connectivity index (χ2n) is 4.62. The molecule has 0 radical (unpaired) electrons. The van der Waals surface area contributed by atoms with Gasteiger partial charge in [-0.2, -0.15) is 10.2 Å². The third kappa shape index (κ3) is 3.97. The smallest absolute Gasteiger partial charge is 0.139 e. The molecule has 0 N–H and O–H groups in total. The summed E-state index contributed by atoms with van der Waals surface area (Å²) in [5, 5.41) is 7.60. The number of ketones is 1. The van der Waals surface area contributed by atoms with E-state index in [0.717, 1.165) is 12.1 Å². The number of nitrogens with zero attached hydrogens (tertiary/aromatic N) is 2. The van der Waals surface area contributed by atoms with Crippen molar-refractivity contribution in [1.82, 2.24) is 0 Å². The lowest BCUT2D eigenvalue weighted by Gasteiger charge is -2.16. The predicted octanol–water partition coefficient (Wildman–Crippen LogP) is 2.21. The topological polar surface area (TPSA) is 41.8 Å². The van der Waals surface area contributed by atoms with Crippen LogP contribution < -0.4 is 0 Å². The van der Waals surface area contributed by atoms with E-state index in [1.807, 2.05) is 0 Å². The first kappa shape index (κ1) is 10.1. The Morgan fingerprint density at radius 3 is 2.69 bits per heavy atom. The van der Waals surface area contributed by atoms with Crippen LogP contribution >= 0.6 is 0 Å². The fourth-order valence-corrected chi connectivity index (χ4v) is 1.30. The molecule has 3 heteroatoms. The maximum atomic E-state index is 11.5. The zero-order valence-corrected chi connectivity index (χ0v) is 8.50. The Kier molecular flexibility index (Phi) is 2.96. The number of Topliss-reactive ketones (excluding diaryl/α,β-unsaturated/α-hetero) is 1. The first-order valence-corrected chi connectivity index (χ1v) is 4.56. The van der Waals surface area contributed by atoms with Gasteiger partial charge in [-0.25, -0.2) is 0 Å². The van der Waals surface area contributed by atoms with Gasteiger partial charge in [-0.3, -0.25) is 4.79 Å². The Labute approximate surface area is 78.9 Å². The van der Waals surface area contributed by atoms with Crippen LogP contribution in [0.1, 0.15) is 40.0 Å². The van der Waals surface area contributed by atoms with Crippen molar-refractivity contribution in [3.8, 4) is 0 Å². The fourth-order valence-electron chi connectivity index (χ4n) is 1.30. The number of hydrogen-bond acceptors (Lipinski definition) is 3. The molecule has 0 unspecified atom stereocenters. The molecular formula is C10H16N2O. The normalized spacial score (nSPS) is 16.1. The van der Waals surface area contributed by atoms with Gasteiger partial charge in [0.25, 0.3) is 0 Å². The molecule has 1 aliphatic heterocycles. The van der Waals surface area contributed by atoms with Gasteiger partial charge in [0, 0.05) is 25.5 Å². The summed E-state index contributed by atoms with van der Waals surface area (Å²) in [5.41, 5.74) is 0.978. The molecule has 0 aromatic carbocycles. The molecule has 0 aromatic heterocycles. The molecule has 72 valence electrons. The fraction of sp³-hybridized carbons (Fsp3) is 0.700. The van der Waals surface area contributed by atoms with E-state index in [2.05, 4.69) is 31.0 Å². The molecule has 1 heterocycles. The molecule has 0 saturated carbocycles. The number of hydrogen-bond donors (Lipinski definition) is 0. The van der Waals surface area contributed by atoms with Crippen LogP contribution in [0.5, 0.6) is 0 Å². The van der Waals surface area contributed by atoms with Crippen LogP contribution in [0, 0.1) is 5.41 Å². The molecular weight excluding hydrogens is 164 g/mol. The minimum Gasteiger partial charge on any atom is -0.299 e. The molecule has 0 amide bonds. The van der Waals surface area contributed by atoms with Gasteiger partial charge in [0.1, 0.15) is 5.78 Å². The van der Waals surface area contributed by atoms with Crippen molar-refractivity contribution < 1.29 is 4.79 Å². The number of rotatable bonds is 3. The van der Waals surface area contributed by atoms with Gasteiger partial charge in [-0.15, -0.1) is 0 Å². The lowest BCUT2D eigenvalue weighted by Crippen LogP contribution is -2.15. The number of carbonyl (C=O) groups excluding carboxylic acids is 1. The standard InChI is InChI=1S/C10H16N2O/c1-10(2,3)7-9(13)6-8-4-5-11-12-8/h5H,4,6-7H2,1-3H3. The minimum absolute atomic E-state index is 0.0805. The van der Waals surface area contributed by atoms with Gasteiger partial charge < -0.3 is 0 Å². The van der Waals surface area contributed by atoms with Crippen LogP contribution in [0.2, 0.25) is 0 Å². The highest BCUT2D eigenvalue weighted by molar-refractivity contribution is 6.08. The van der Waals surface area contributed by atoms with Crippen molar-refractivity contribution in [1.29, 1.82) is 0 Å². The minimum atomic E-state index is 0.0805. The summed E-state index contributed by atoms with van der Waals surface area (Å²) in [5.74, 6) is 0.261. The maximum absolute atomic E-state index is 11.5. The summed E-state index contributed by atoms with van der Waals surface area (Å²) in [6, 6.07) is 0. The van der Waals surface area contributed by atoms with Gasteiger partial charge in [0.2, 0.25) is 0 Å². The van der Waals surface area contributed by atoms with Crippen molar-refractivity contribution in [2.75, 3.05) is 0 Å². The Bertz CT molecular complexity index is 259. The lowest BCUT2D eigenvalue weighted by molar-refractivity contribution is -0.119. The predicted molar refractivity (Wildman–Crippen MR) is 54.2 cm³/mol. The van der Waals surface area contributed by atoms with Gasteiger partial charge in [-0.1, -0.05) is 20.8 Å². The molecule has 0 atom stereocenters. The number of carbonyl (C=O) groups is 1. The zero-order valence-electron chi connectivity index (χ0n) is 8.50. The first-order chi connectivity index (χ1) is 5.97. The van der Waals surface area contributed by atoms with Crippen molar-refractivity contribution in [2.45, 2.75) is 40.0 Å². The highest BCUT2D eigenvalue weighted by Gasteiger charge is 2.17. The van der Waals surface area contributed by atoms with Crippen molar-refractivity contribution in [3.05, 3.63) is 0 Å². The van der Waals surface area contributed by atoms with Crippen molar-refractivity contribution >= 4 is 17.7 Å². The first-order valence-electron chi connectivity index (χ1n) is 4.56. The summed E-state index contributed by atoms with van der Waals surface area (Å²) in [6.45, 7) is 6.20. The lowest BCUT2D eigenvalue weighted by atomic mass is 9.88. The van der Waals surface area contributed by atoms with E-state index in [4.69, 9.17) is 0 Å². The molecule has 0 aromatic rings. The summed E-state index contributed by atoms with van der Waals surface area (Å²) < 4.78 is 0. The van der Waals surface area contributed by atoms with E-state index in [9.17, 15) is 4.79 Å². The highest BCUT2D eigenvalue weighted by atomic mass is 16.1. The van der Waals surface area contributed by atoms with E-state index in [1.54, 1.807) is 6.21 Å². The summed E-state index contributed by atoms with van der Waals surface area (Å²) in [6.07, 6.45) is 3.57. The van der Waals surface area contributed by atoms with Crippen LogP contribution in [0.4, 0.5) is 0 Å².